The van der Waals surface area contributed by atoms with Gasteiger partial charge >= 0.3 is 12.3 Å². The normalized spacial score (nSPS) is 24.0. The Morgan fingerprint density at radius 1 is 1.09 bits per heavy atom. The molecule has 0 aliphatic heterocycles. The molecular formula is C16H20F6O. The summed E-state index contributed by atoms with van der Waals surface area (Å²) in [5, 5.41) is 9.59. The molecule has 2 aliphatic rings. The number of allylic oxidation sites excluding steroid dienone is 1. The highest BCUT2D eigenvalue weighted by Crippen LogP contribution is 2.56. The van der Waals surface area contributed by atoms with Crippen molar-refractivity contribution in [3.05, 3.63) is 24.1 Å². The second-order valence-electron chi connectivity index (χ2n) is 6.88. The number of alkyl halides is 3. The van der Waals surface area contributed by atoms with Gasteiger partial charge in [0.05, 0.1) is 0 Å². The molecule has 0 aromatic heterocycles. The van der Waals surface area contributed by atoms with Crippen LogP contribution in [0.5, 0.6) is 0 Å². The van der Waals surface area contributed by atoms with Crippen molar-refractivity contribution in [3.63, 3.8) is 0 Å². The maximum atomic E-state index is 12.9. The quantitative estimate of drug-likeness (QED) is 0.504. The van der Waals surface area contributed by atoms with E-state index in [1.165, 1.54) is 12.8 Å². The zero-order valence-electron chi connectivity index (χ0n) is 12.6. The van der Waals surface area contributed by atoms with Crippen LogP contribution in [0.4, 0.5) is 26.3 Å². The van der Waals surface area contributed by atoms with Crippen LogP contribution in [0.15, 0.2) is 24.1 Å². The summed E-state index contributed by atoms with van der Waals surface area (Å²) in [6.45, 7) is 0. The Hall–Kier alpha value is -0.980. The largest absolute Gasteiger partial charge is 0.417 e. The van der Waals surface area contributed by atoms with Crippen LogP contribution in [0.2, 0.25) is 0 Å². The second-order valence-corrected chi connectivity index (χ2v) is 6.88. The van der Waals surface area contributed by atoms with Crippen molar-refractivity contribution < 1.29 is 31.4 Å². The lowest BCUT2D eigenvalue weighted by atomic mass is 9.61. The molecule has 1 N–H and O–H groups in total. The Bertz CT molecular complexity index is 477. The van der Waals surface area contributed by atoms with Gasteiger partial charge in [0.2, 0.25) is 0 Å². The fourth-order valence-corrected chi connectivity index (χ4v) is 3.79. The predicted octanol–water partition coefficient (Wildman–Crippen LogP) is 5.66. The Balaban J connectivity index is 1.94. The van der Waals surface area contributed by atoms with E-state index in [2.05, 4.69) is 0 Å². The van der Waals surface area contributed by atoms with Gasteiger partial charge in [0.25, 0.3) is 0 Å². The third kappa shape index (κ3) is 4.11. The first kappa shape index (κ1) is 18.4. The summed E-state index contributed by atoms with van der Waals surface area (Å²) >= 11 is 0. The second kappa shape index (κ2) is 6.49. The minimum atomic E-state index is -5.18. The van der Waals surface area contributed by atoms with Crippen molar-refractivity contribution in [3.8, 4) is 0 Å². The van der Waals surface area contributed by atoms with Gasteiger partial charge < -0.3 is 5.11 Å². The van der Waals surface area contributed by atoms with Crippen molar-refractivity contribution in [1.82, 2.24) is 0 Å². The van der Waals surface area contributed by atoms with Gasteiger partial charge in [-0.2, -0.15) is 22.0 Å². The summed E-state index contributed by atoms with van der Waals surface area (Å²) in [4.78, 5) is 0. The number of hydrogen-bond donors (Lipinski definition) is 1. The molecular weight excluding hydrogens is 322 g/mol. The standard InChI is InChI=1S/C16H20F6O/c17-12(13(18)19)10-15(23,16(20,21)22)7-3-4-11-8-14(9-11)5-1-2-6-14/h3-4,11,23H,1-2,5-10H2/b4-3+. The van der Waals surface area contributed by atoms with Crippen molar-refractivity contribution in [1.29, 1.82) is 0 Å². The highest BCUT2D eigenvalue weighted by molar-refractivity contribution is 5.09. The highest BCUT2D eigenvalue weighted by atomic mass is 19.4. The lowest BCUT2D eigenvalue weighted by Crippen LogP contribution is -2.45. The maximum Gasteiger partial charge on any atom is 0.417 e. The molecule has 2 aliphatic carbocycles. The summed E-state index contributed by atoms with van der Waals surface area (Å²) in [5.74, 6) is -2.07. The minimum Gasteiger partial charge on any atom is -0.380 e. The summed E-state index contributed by atoms with van der Waals surface area (Å²) in [6, 6.07) is 0. The molecule has 2 rings (SSSR count). The number of hydrogen-bond acceptors (Lipinski definition) is 1. The molecule has 0 bridgehead atoms. The molecule has 7 heteroatoms. The number of rotatable bonds is 5. The van der Waals surface area contributed by atoms with Crippen LogP contribution < -0.4 is 0 Å². The minimum absolute atomic E-state index is 0.156. The smallest absolute Gasteiger partial charge is 0.380 e. The molecule has 1 spiro atoms. The molecule has 0 aromatic carbocycles. The van der Waals surface area contributed by atoms with E-state index in [4.69, 9.17) is 0 Å². The molecule has 0 saturated heterocycles. The lowest BCUT2D eigenvalue weighted by Gasteiger charge is -2.44. The molecule has 0 aromatic rings. The molecule has 23 heavy (non-hydrogen) atoms. The van der Waals surface area contributed by atoms with E-state index < -0.39 is 36.5 Å². The zero-order valence-corrected chi connectivity index (χ0v) is 12.6. The third-order valence-electron chi connectivity index (χ3n) is 5.10. The van der Waals surface area contributed by atoms with Crippen LogP contribution in [0.25, 0.3) is 0 Å². The van der Waals surface area contributed by atoms with Gasteiger partial charge in [-0.15, -0.1) is 0 Å². The average molecular weight is 342 g/mol. The topological polar surface area (TPSA) is 20.2 Å². The van der Waals surface area contributed by atoms with Gasteiger partial charge in [-0.05, 0) is 37.0 Å². The van der Waals surface area contributed by atoms with E-state index in [1.807, 2.05) is 0 Å². The van der Waals surface area contributed by atoms with E-state index in [0.29, 0.717) is 5.41 Å². The van der Waals surface area contributed by atoms with Crippen LogP contribution in [0, 0.1) is 11.3 Å². The molecule has 0 amide bonds. The number of aliphatic hydroxyl groups is 1. The Kier molecular flexibility index (Phi) is 5.18. The van der Waals surface area contributed by atoms with E-state index in [-0.39, 0.29) is 5.92 Å². The van der Waals surface area contributed by atoms with Gasteiger partial charge in [0.1, 0.15) is 0 Å². The van der Waals surface area contributed by atoms with Crippen LogP contribution in [0.3, 0.4) is 0 Å². The summed E-state index contributed by atoms with van der Waals surface area (Å²) < 4.78 is 75.5. The molecule has 1 unspecified atom stereocenters. The van der Waals surface area contributed by atoms with Crippen LogP contribution in [-0.2, 0) is 0 Å². The summed E-state index contributed by atoms with van der Waals surface area (Å²) in [6.07, 6.45) is -1.48. The van der Waals surface area contributed by atoms with Gasteiger partial charge in [-0.1, -0.05) is 25.0 Å². The maximum absolute atomic E-state index is 12.9. The van der Waals surface area contributed by atoms with Crippen molar-refractivity contribution in [2.75, 3.05) is 0 Å². The van der Waals surface area contributed by atoms with Crippen LogP contribution in [0.1, 0.15) is 51.4 Å². The number of halogens is 6. The first-order valence-corrected chi connectivity index (χ1v) is 7.72. The molecule has 0 heterocycles. The monoisotopic (exact) mass is 342 g/mol. The molecule has 1 atom stereocenters. The van der Waals surface area contributed by atoms with E-state index >= 15 is 0 Å². The van der Waals surface area contributed by atoms with Crippen molar-refractivity contribution >= 4 is 0 Å². The van der Waals surface area contributed by atoms with E-state index in [0.717, 1.165) is 31.8 Å². The van der Waals surface area contributed by atoms with Crippen molar-refractivity contribution in [2.45, 2.75) is 63.1 Å². The van der Waals surface area contributed by atoms with E-state index in [1.54, 1.807) is 6.08 Å². The third-order valence-corrected chi connectivity index (χ3v) is 5.10. The van der Waals surface area contributed by atoms with Crippen molar-refractivity contribution in [2.24, 2.45) is 11.3 Å². The summed E-state index contributed by atoms with van der Waals surface area (Å²) in [7, 11) is 0. The highest BCUT2D eigenvalue weighted by Gasteiger charge is 2.54. The first-order chi connectivity index (χ1) is 10.6. The SMILES string of the molecule is OC(C/C=C/C1CC2(CCCC2)C1)(CC(F)=C(F)F)C(F)(F)F. The predicted molar refractivity (Wildman–Crippen MR) is 73.4 cm³/mol. The van der Waals surface area contributed by atoms with Gasteiger partial charge in [0.15, 0.2) is 11.4 Å². The fraction of sp³-hybridized carbons (Fsp3) is 0.750. The molecule has 0 radical (unpaired) electrons. The first-order valence-electron chi connectivity index (χ1n) is 7.72. The fourth-order valence-electron chi connectivity index (χ4n) is 3.79. The Labute approximate surface area is 131 Å². The molecule has 2 saturated carbocycles. The molecule has 132 valence electrons. The lowest BCUT2D eigenvalue weighted by molar-refractivity contribution is -0.259. The zero-order chi connectivity index (χ0) is 17.3. The molecule has 1 nitrogen and oxygen atoms in total. The van der Waals surface area contributed by atoms with Crippen LogP contribution in [-0.4, -0.2) is 16.9 Å². The van der Waals surface area contributed by atoms with E-state index in [9.17, 15) is 31.4 Å². The Morgan fingerprint density at radius 2 is 1.65 bits per heavy atom. The molecule has 2 fully saturated rings. The van der Waals surface area contributed by atoms with Gasteiger partial charge in [-0.3, -0.25) is 0 Å². The van der Waals surface area contributed by atoms with Gasteiger partial charge in [0, 0.05) is 12.8 Å². The van der Waals surface area contributed by atoms with Crippen LogP contribution >= 0.6 is 0 Å². The summed E-state index contributed by atoms with van der Waals surface area (Å²) in [5.41, 5.74) is -3.17. The average Bonchev–Trinajstić information content (AvgIpc) is 2.86. The Morgan fingerprint density at radius 3 is 2.13 bits per heavy atom. The van der Waals surface area contributed by atoms with Gasteiger partial charge in [-0.25, -0.2) is 4.39 Å².